The average molecular weight is 276 g/mol. The van der Waals surface area contributed by atoms with Gasteiger partial charge in [-0.1, -0.05) is 30.3 Å². The summed E-state index contributed by atoms with van der Waals surface area (Å²) in [5.74, 6) is -1.30. The molecule has 2 aromatic rings. The first kappa shape index (κ1) is 13.8. The number of nitro groups is 1. The largest absolute Gasteiger partial charge is 0.433 e. The molecule has 0 radical (unpaired) electrons. The van der Waals surface area contributed by atoms with E-state index < -0.39 is 22.8 Å². The minimum absolute atomic E-state index is 0.175. The summed E-state index contributed by atoms with van der Waals surface area (Å²) in [6, 6.07) is 10.6. The Balaban J connectivity index is 2.11. The number of carbonyl (C=O) groups excluding carboxylic acids is 1. The van der Waals surface area contributed by atoms with Crippen molar-refractivity contribution in [3.05, 3.63) is 63.9 Å². The lowest BCUT2D eigenvalue weighted by Crippen LogP contribution is -2.30. The second-order valence-electron chi connectivity index (χ2n) is 4.01. The van der Waals surface area contributed by atoms with Crippen LogP contribution in [0.5, 0.6) is 0 Å². The van der Waals surface area contributed by atoms with Gasteiger partial charge in [0.05, 0.1) is 18.7 Å². The highest BCUT2D eigenvalue weighted by Gasteiger charge is 2.20. The Hall–Kier alpha value is -2.67. The maximum absolute atomic E-state index is 11.9. The number of hydrogen-bond donors (Lipinski definition) is 2. The number of aliphatic hydroxyl groups is 1. The number of furan rings is 1. The van der Waals surface area contributed by atoms with Gasteiger partial charge in [-0.2, -0.15) is 0 Å². The predicted molar refractivity (Wildman–Crippen MR) is 69.1 cm³/mol. The molecular weight excluding hydrogens is 264 g/mol. The first-order valence-electron chi connectivity index (χ1n) is 5.82. The molecule has 0 unspecified atom stereocenters. The Kier molecular flexibility index (Phi) is 4.11. The lowest BCUT2D eigenvalue weighted by atomic mass is 10.1. The number of nitrogens with one attached hydrogen (secondary N) is 1. The van der Waals surface area contributed by atoms with Crippen molar-refractivity contribution in [3.8, 4) is 0 Å². The third kappa shape index (κ3) is 3.01. The summed E-state index contributed by atoms with van der Waals surface area (Å²) < 4.78 is 4.80. The number of nitrogens with zero attached hydrogens (tertiary/aromatic N) is 1. The van der Waals surface area contributed by atoms with Crippen LogP contribution in [0.1, 0.15) is 22.2 Å². The SMILES string of the molecule is O=C(N[C@H](CO)c1ccccc1)c1ccc([N+](=O)[O-])o1. The van der Waals surface area contributed by atoms with E-state index in [9.17, 15) is 20.0 Å². The molecule has 1 atom stereocenters. The molecule has 0 aliphatic carbocycles. The number of amides is 1. The molecule has 2 N–H and O–H groups in total. The van der Waals surface area contributed by atoms with Crippen molar-refractivity contribution >= 4 is 11.8 Å². The molecule has 2 rings (SSSR count). The smallest absolute Gasteiger partial charge is 0.395 e. The van der Waals surface area contributed by atoms with Crippen LogP contribution in [0.2, 0.25) is 0 Å². The fourth-order valence-corrected chi connectivity index (χ4v) is 1.70. The van der Waals surface area contributed by atoms with Crippen LogP contribution in [0.3, 0.4) is 0 Å². The van der Waals surface area contributed by atoms with Gasteiger partial charge in [0.15, 0.2) is 5.76 Å². The minimum Gasteiger partial charge on any atom is -0.395 e. The number of hydrogen-bond acceptors (Lipinski definition) is 5. The summed E-state index contributed by atoms with van der Waals surface area (Å²) in [4.78, 5) is 21.6. The van der Waals surface area contributed by atoms with Gasteiger partial charge < -0.3 is 14.8 Å². The molecule has 104 valence electrons. The van der Waals surface area contributed by atoms with Crippen LogP contribution in [-0.4, -0.2) is 22.5 Å². The van der Waals surface area contributed by atoms with Crippen LogP contribution in [-0.2, 0) is 0 Å². The van der Waals surface area contributed by atoms with Gasteiger partial charge in [0, 0.05) is 0 Å². The summed E-state index contributed by atoms with van der Waals surface area (Å²) in [7, 11) is 0. The highest BCUT2D eigenvalue weighted by Crippen LogP contribution is 2.17. The Morgan fingerprint density at radius 2 is 2.00 bits per heavy atom. The van der Waals surface area contributed by atoms with Gasteiger partial charge in [-0.15, -0.1) is 0 Å². The van der Waals surface area contributed by atoms with Crippen LogP contribution in [0, 0.1) is 10.1 Å². The molecule has 1 aromatic heterocycles. The average Bonchev–Trinajstić information content (AvgIpc) is 2.95. The quantitative estimate of drug-likeness (QED) is 0.638. The Morgan fingerprint density at radius 1 is 1.30 bits per heavy atom. The van der Waals surface area contributed by atoms with Gasteiger partial charge in [-0.3, -0.25) is 14.9 Å². The molecule has 0 fully saturated rings. The molecule has 0 saturated heterocycles. The molecular formula is C13H12N2O5. The normalized spacial score (nSPS) is 11.8. The predicted octanol–water partition coefficient (Wildman–Crippen LogP) is 1.65. The molecule has 0 bridgehead atoms. The molecule has 1 aromatic carbocycles. The van der Waals surface area contributed by atoms with Crippen molar-refractivity contribution < 1.29 is 19.2 Å². The summed E-state index contributed by atoms with van der Waals surface area (Å²) in [6.07, 6.45) is 0. The molecule has 1 heterocycles. The Labute approximate surface area is 114 Å². The van der Waals surface area contributed by atoms with E-state index in [4.69, 9.17) is 4.42 Å². The fourth-order valence-electron chi connectivity index (χ4n) is 1.70. The molecule has 0 spiro atoms. The highest BCUT2D eigenvalue weighted by molar-refractivity contribution is 5.92. The van der Waals surface area contributed by atoms with Gasteiger partial charge in [0.25, 0.3) is 5.91 Å². The van der Waals surface area contributed by atoms with Crippen molar-refractivity contribution in [3.63, 3.8) is 0 Å². The molecule has 0 aliphatic rings. The summed E-state index contributed by atoms with van der Waals surface area (Å²) in [5, 5.41) is 22.3. The minimum atomic E-state index is -0.725. The van der Waals surface area contributed by atoms with E-state index in [-0.39, 0.29) is 12.4 Å². The van der Waals surface area contributed by atoms with Crippen LogP contribution >= 0.6 is 0 Å². The second kappa shape index (κ2) is 5.98. The summed E-state index contributed by atoms with van der Waals surface area (Å²) in [5.41, 5.74) is 0.726. The molecule has 7 heteroatoms. The zero-order chi connectivity index (χ0) is 14.5. The van der Waals surface area contributed by atoms with Gasteiger partial charge in [-0.25, -0.2) is 0 Å². The van der Waals surface area contributed by atoms with Crippen molar-refractivity contribution in [2.45, 2.75) is 6.04 Å². The summed E-state index contributed by atoms with van der Waals surface area (Å²) >= 11 is 0. The first-order chi connectivity index (χ1) is 9.61. The van der Waals surface area contributed by atoms with Gasteiger partial charge in [0.1, 0.15) is 4.92 Å². The standard InChI is InChI=1S/C13H12N2O5/c16-8-10(9-4-2-1-3-5-9)14-13(17)11-6-7-12(20-11)15(18)19/h1-7,10,16H,8H2,(H,14,17)/t10-/m1/s1. The highest BCUT2D eigenvalue weighted by atomic mass is 16.6. The topological polar surface area (TPSA) is 106 Å². The van der Waals surface area contributed by atoms with E-state index in [1.165, 1.54) is 6.07 Å². The first-order valence-corrected chi connectivity index (χ1v) is 5.82. The number of aliphatic hydroxyl groups excluding tert-OH is 1. The Morgan fingerprint density at radius 3 is 2.55 bits per heavy atom. The van der Waals surface area contributed by atoms with Crippen LogP contribution < -0.4 is 5.32 Å². The second-order valence-corrected chi connectivity index (χ2v) is 4.01. The van der Waals surface area contributed by atoms with E-state index in [1.807, 2.05) is 6.07 Å². The lowest BCUT2D eigenvalue weighted by molar-refractivity contribution is -0.402. The van der Waals surface area contributed by atoms with Crippen molar-refractivity contribution in [1.29, 1.82) is 0 Å². The van der Waals surface area contributed by atoms with Crippen LogP contribution in [0.25, 0.3) is 0 Å². The maximum Gasteiger partial charge on any atom is 0.433 e. The zero-order valence-corrected chi connectivity index (χ0v) is 10.4. The van der Waals surface area contributed by atoms with Gasteiger partial charge in [-0.05, 0) is 11.6 Å². The molecule has 0 saturated carbocycles. The van der Waals surface area contributed by atoms with E-state index >= 15 is 0 Å². The van der Waals surface area contributed by atoms with Gasteiger partial charge >= 0.3 is 5.88 Å². The molecule has 20 heavy (non-hydrogen) atoms. The lowest BCUT2D eigenvalue weighted by Gasteiger charge is -2.15. The third-order valence-electron chi connectivity index (χ3n) is 2.69. The number of rotatable bonds is 5. The third-order valence-corrected chi connectivity index (χ3v) is 2.69. The molecule has 7 nitrogen and oxygen atoms in total. The molecule has 0 aliphatic heterocycles. The number of carbonyl (C=O) groups is 1. The molecule has 1 amide bonds. The van der Waals surface area contributed by atoms with Gasteiger partial charge in [0.2, 0.25) is 0 Å². The van der Waals surface area contributed by atoms with Crippen molar-refractivity contribution in [2.75, 3.05) is 6.61 Å². The van der Waals surface area contributed by atoms with E-state index in [0.717, 1.165) is 11.6 Å². The monoisotopic (exact) mass is 276 g/mol. The van der Waals surface area contributed by atoms with Crippen molar-refractivity contribution in [2.24, 2.45) is 0 Å². The van der Waals surface area contributed by atoms with E-state index in [0.29, 0.717) is 0 Å². The van der Waals surface area contributed by atoms with E-state index in [2.05, 4.69) is 5.32 Å². The fraction of sp³-hybridized carbons (Fsp3) is 0.154. The van der Waals surface area contributed by atoms with E-state index in [1.54, 1.807) is 24.3 Å². The van der Waals surface area contributed by atoms with Crippen molar-refractivity contribution in [1.82, 2.24) is 5.32 Å². The number of benzene rings is 1. The zero-order valence-electron chi connectivity index (χ0n) is 10.4. The van der Waals surface area contributed by atoms with Crippen LogP contribution in [0.4, 0.5) is 5.88 Å². The van der Waals surface area contributed by atoms with Crippen LogP contribution in [0.15, 0.2) is 46.9 Å². The summed E-state index contributed by atoms with van der Waals surface area (Å²) in [6.45, 7) is -0.293. The maximum atomic E-state index is 11.9. The Bertz CT molecular complexity index is 608.